The van der Waals surface area contributed by atoms with Gasteiger partial charge in [0.2, 0.25) is 0 Å². The summed E-state index contributed by atoms with van der Waals surface area (Å²) in [5, 5.41) is 0.552. The summed E-state index contributed by atoms with van der Waals surface area (Å²) in [4.78, 5) is 14.8. The minimum absolute atomic E-state index is 0.0203. The van der Waals surface area contributed by atoms with E-state index in [2.05, 4.69) is 15.9 Å². The Kier molecular flexibility index (Phi) is 4.81. The summed E-state index contributed by atoms with van der Waals surface area (Å²) in [5.74, 6) is -0.0203. The van der Waals surface area contributed by atoms with Gasteiger partial charge in [0.25, 0.3) is 5.91 Å². The lowest BCUT2D eigenvalue weighted by Crippen LogP contribution is -2.35. The molecule has 6 heteroatoms. The Morgan fingerprint density at radius 1 is 1.53 bits per heavy atom. The molecule has 1 amide bonds. The number of carbonyl (C=O) groups is 1. The average Bonchev–Trinajstić information content (AvgIpc) is 3.16. The summed E-state index contributed by atoms with van der Waals surface area (Å²) < 4.78 is 0.753. The monoisotopic (exact) mass is 360 g/mol. The molecule has 1 aromatic rings. The van der Waals surface area contributed by atoms with Crippen LogP contribution in [0.2, 0.25) is 5.02 Å². The number of hydrogen-bond donors (Lipinski definition) is 1. The van der Waals surface area contributed by atoms with Crippen molar-refractivity contribution in [3.63, 3.8) is 0 Å². The zero-order valence-electron chi connectivity index (χ0n) is 10.2. The van der Waals surface area contributed by atoms with Gasteiger partial charge in [-0.05, 0) is 47.0 Å². The topological polar surface area (TPSA) is 46.3 Å². The summed E-state index contributed by atoms with van der Waals surface area (Å²) in [6.07, 6.45) is 2.64. The molecule has 102 valence electrons. The normalized spacial score (nSPS) is 14.2. The lowest BCUT2D eigenvalue weighted by Gasteiger charge is -2.23. The van der Waals surface area contributed by atoms with E-state index in [0.29, 0.717) is 34.6 Å². The van der Waals surface area contributed by atoms with Crippen LogP contribution in [0.15, 0.2) is 22.7 Å². The van der Waals surface area contributed by atoms with Gasteiger partial charge in [0.15, 0.2) is 0 Å². The molecule has 2 rings (SSSR count). The van der Waals surface area contributed by atoms with Gasteiger partial charge in [-0.25, -0.2) is 0 Å². The Hall–Kier alpha value is -0.650. The van der Waals surface area contributed by atoms with Gasteiger partial charge in [0.05, 0.1) is 10.6 Å². The van der Waals surface area contributed by atoms with Crippen LogP contribution >= 0.6 is 39.7 Å². The molecule has 1 saturated carbocycles. The summed E-state index contributed by atoms with van der Waals surface area (Å²) in [6.45, 7) is 0.567. The Morgan fingerprint density at radius 2 is 2.21 bits per heavy atom. The van der Waals surface area contributed by atoms with Crippen molar-refractivity contribution >= 4 is 50.6 Å². The van der Waals surface area contributed by atoms with Crippen molar-refractivity contribution in [2.45, 2.75) is 25.3 Å². The smallest absolute Gasteiger partial charge is 0.255 e. The first-order valence-corrected chi connectivity index (χ1v) is 7.61. The fourth-order valence-corrected chi connectivity index (χ4v) is 2.56. The molecule has 2 N–H and O–H groups in total. The second kappa shape index (κ2) is 6.20. The van der Waals surface area contributed by atoms with E-state index >= 15 is 0 Å². The molecule has 1 fully saturated rings. The molecule has 19 heavy (non-hydrogen) atoms. The predicted octanol–water partition coefficient (Wildman–Crippen LogP) is 3.38. The standard InChI is InChI=1S/C13H14BrClN2OS/c14-11-4-1-8(15)7-10(11)13(18)17(9-2-3-9)6-5-12(16)19/h1,4,7,9H,2-3,5-6H2,(H2,16,19). The highest BCUT2D eigenvalue weighted by molar-refractivity contribution is 9.10. The Morgan fingerprint density at radius 3 is 2.79 bits per heavy atom. The molecule has 0 radical (unpaired) electrons. The van der Waals surface area contributed by atoms with Gasteiger partial charge in [-0.2, -0.15) is 0 Å². The van der Waals surface area contributed by atoms with Crippen molar-refractivity contribution in [2.75, 3.05) is 6.54 Å². The number of nitrogens with two attached hydrogens (primary N) is 1. The molecular formula is C13H14BrClN2OS. The third-order valence-corrected chi connectivity index (χ3v) is 4.14. The van der Waals surface area contributed by atoms with Gasteiger partial charge in [-0.15, -0.1) is 0 Å². The summed E-state index contributed by atoms with van der Waals surface area (Å²) in [7, 11) is 0. The maximum atomic E-state index is 12.6. The van der Waals surface area contributed by atoms with Crippen molar-refractivity contribution < 1.29 is 4.79 Å². The molecule has 1 aromatic carbocycles. The van der Waals surface area contributed by atoms with Crippen LogP contribution in [0.4, 0.5) is 0 Å². The second-order valence-electron chi connectivity index (χ2n) is 4.57. The Balaban J connectivity index is 2.18. The van der Waals surface area contributed by atoms with Gasteiger partial charge in [-0.1, -0.05) is 23.8 Å². The van der Waals surface area contributed by atoms with Crippen molar-refractivity contribution in [3.05, 3.63) is 33.3 Å². The number of amides is 1. The third kappa shape index (κ3) is 3.91. The zero-order valence-corrected chi connectivity index (χ0v) is 13.4. The molecule has 0 heterocycles. The van der Waals surface area contributed by atoms with Crippen LogP contribution in [-0.2, 0) is 0 Å². The molecule has 1 aliphatic carbocycles. The maximum absolute atomic E-state index is 12.6. The van der Waals surface area contributed by atoms with Crippen molar-refractivity contribution in [1.29, 1.82) is 0 Å². The van der Waals surface area contributed by atoms with E-state index < -0.39 is 0 Å². The van der Waals surface area contributed by atoms with Crippen LogP contribution in [-0.4, -0.2) is 28.4 Å². The van der Waals surface area contributed by atoms with E-state index in [1.165, 1.54) is 0 Å². The number of benzene rings is 1. The molecular weight excluding hydrogens is 348 g/mol. The maximum Gasteiger partial charge on any atom is 0.255 e. The number of thiocarbonyl (C=S) groups is 1. The van der Waals surface area contributed by atoms with E-state index in [9.17, 15) is 4.79 Å². The first kappa shape index (κ1) is 14.8. The van der Waals surface area contributed by atoms with Gasteiger partial charge in [0.1, 0.15) is 0 Å². The van der Waals surface area contributed by atoms with Gasteiger partial charge in [0, 0.05) is 28.5 Å². The number of rotatable bonds is 5. The van der Waals surface area contributed by atoms with Crippen LogP contribution in [0, 0.1) is 0 Å². The number of carbonyl (C=O) groups excluding carboxylic acids is 1. The predicted molar refractivity (Wildman–Crippen MR) is 84.6 cm³/mol. The van der Waals surface area contributed by atoms with Crippen LogP contribution in [0.5, 0.6) is 0 Å². The first-order chi connectivity index (χ1) is 8.99. The molecule has 0 aromatic heterocycles. The van der Waals surface area contributed by atoms with Gasteiger partial charge < -0.3 is 10.6 Å². The lowest BCUT2D eigenvalue weighted by atomic mass is 10.2. The van der Waals surface area contributed by atoms with Crippen LogP contribution in [0.3, 0.4) is 0 Å². The van der Waals surface area contributed by atoms with Gasteiger partial charge in [-0.3, -0.25) is 4.79 Å². The molecule has 0 atom stereocenters. The minimum atomic E-state index is -0.0203. The summed E-state index contributed by atoms with van der Waals surface area (Å²) in [6, 6.07) is 5.53. The van der Waals surface area contributed by atoms with E-state index in [1.807, 2.05) is 4.90 Å². The quantitative estimate of drug-likeness (QED) is 0.818. The summed E-state index contributed by atoms with van der Waals surface area (Å²) in [5.41, 5.74) is 6.10. The fourth-order valence-electron chi connectivity index (χ4n) is 1.88. The minimum Gasteiger partial charge on any atom is -0.393 e. The molecule has 0 spiro atoms. The molecule has 1 aliphatic rings. The van der Waals surface area contributed by atoms with E-state index in [1.54, 1.807) is 18.2 Å². The summed E-state index contributed by atoms with van der Waals surface area (Å²) >= 11 is 14.2. The van der Waals surface area contributed by atoms with E-state index in [-0.39, 0.29) is 5.91 Å². The SMILES string of the molecule is NC(=S)CCN(C(=O)c1cc(Cl)ccc1Br)C1CC1. The number of nitrogens with zero attached hydrogens (tertiary/aromatic N) is 1. The third-order valence-electron chi connectivity index (χ3n) is 3.01. The lowest BCUT2D eigenvalue weighted by molar-refractivity contribution is 0.0747. The molecule has 0 aliphatic heterocycles. The van der Waals surface area contributed by atoms with Gasteiger partial charge >= 0.3 is 0 Å². The van der Waals surface area contributed by atoms with Crippen LogP contribution < -0.4 is 5.73 Å². The highest BCUT2D eigenvalue weighted by atomic mass is 79.9. The number of halogens is 2. The van der Waals surface area contributed by atoms with Crippen LogP contribution in [0.1, 0.15) is 29.6 Å². The molecule has 0 saturated heterocycles. The molecule has 3 nitrogen and oxygen atoms in total. The average molecular weight is 362 g/mol. The Bertz CT molecular complexity index is 519. The van der Waals surface area contributed by atoms with Crippen molar-refractivity contribution in [1.82, 2.24) is 4.90 Å². The molecule has 0 bridgehead atoms. The van der Waals surface area contributed by atoms with Crippen LogP contribution in [0.25, 0.3) is 0 Å². The zero-order chi connectivity index (χ0) is 14.0. The van der Waals surface area contributed by atoms with Crippen molar-refractivity contribution in [3.8, 4) is 0 Å². The largest absolute Gasteiger partial charge is 0.393 e. The highest BCUT2D eigenvalue weighted by Gasteiger charge is 2.33. The first-order valence-electron chi connectivity index (χ1n) is 6.03. The molecule has 0 unspecified atom stereocenters. The second-order valence-corrected chi connectivity index (χ2v) is 6.39. The number of hydrogen-bond acceptors (Lipinski definition) is 2. The highest BCUT2D eigenvalue weighted by Crippen LogP contribution is 2.30. The fraction of sp³-hybridized carbons (Fsp3) is 0.385. The van der Waals surface area contributed by atoms with E-state index in [0.717, 1.165) is 17.3 Å². The van der Waals surface area contributed by atoms with Crippen molar-refractivity contribution in [2.24, 2.45) is 5.73 Å². The Labute approximate surface area is 131 Å². The van der Waals surface area contributed by atoms with E-state index in [4.69, 9.17) is 29.6 Å².